The van der Waals surface area contributed by atoms with Crippen molar-refractivity contribution in [2.75, 3.05) is 14.2 Å². The Morgan fingerprint density at radius 2 is 0.958 bits per heavy atom. The van der Waals surface area contributed by atoms with Gasteiger partial charge in [-0.2, -0.15) is 9.97 Å². The Morgan fingerprint density at radius 3 is 1.36 bits per heavy atom. The van der Waals surface area contributed by atoms with E-state index in [0.717, 1.165) is 33.4 Å². The van der Waals surface area contributed by atoms with Gasteiger partial charge in [0.25, 0.3) is 11.8 Å². The predicted octanol–water partition coefficient (Wildman–Crippen LogP) is 11.6. The summed E-state index contributed by atoms with van der Waals surface area (Å²) in [6, 6.07) is 37.3. The lowest BCUT2D eigenvalue weighted by Crippen LogP contribution is -2.18. The largest absolute Gasteiger partial charge is 0.496 e. The molecular formula is C55H42Cl2N10O5. The summed E-state index contributed by atoms with van der Waals surface area (Å²) in [7, 11) is 3.24. The van der Waals surface area contributed by atoms with Gasteiger partial charge in [0, 0.05) is 23.5 Å². The molecule has 15 nitrogen and oxygen atoms in total. The van der Waals surface area contributed by atoms with E-state index < -0.39 is 11.8 Å². The van der Waals surface area contributed by atoms with Crippen LogP contribution in [0, 0.1) is 0 Å². The number of imidazole rings is 2. The number of Topliss-reactive ketones (excluding diaryl/α,β-unsaturated/α-hetero) is 1. The molecule has 356 valence electrons. The summed E-state index contributed by atoms with van der Waals surface area (Å²) in [6.07, 6.45) is 17.3. The highest BCUT2D eigenvalue weighted by Crippen LogP contribution is 2.36. The molecule has 0 fully saturated rings. The zero-order chi connectivity index (χ0) is 49.4. The van der Waals surface area contributed by atoms with E-state index in [4.69, 9.17) is 42.1 Å². The second kappa shape index (κ2) is 21.5. The van der Waals surface area contributed by atoms with Gasteiger partial charge in [-0.05, 0) is 70.8 Å². The van der Waals surface area contributed by atoms with Crippen LogP contribution in [0.3, 0.4) is 0 Å². The molecule has 0 saturated carbocycles. The Balaban J connectivity index is 0.959. The number of aromatic nitrogens is 10. The van der Waals surface area contributed by atoms with Crippen LogP contribution in [0.4, 0.5) is 0 Å². The summed E-state index contributed by atoms with van der Waals surface area (Å²) in [4.78, 5) is 50.8. The number of carbonyl (C=O) groups is 1. The van der Waals surface area contributed by atoms with Crippen molar-refractivity contribution in [1.82, 2.24) is 49.0 Å². The molecule has 6 aromatic heterocycles. The third kappa shape index (κ3) is 10.5. The van der Waals surface area contributed by atoms with Gasteiger partial charge < -0.3 is 28.1 Å². The number of ketones is 1. The maximum Gasteiger partial charge on any atom is 0.250 e. The molecule has 6 heterocycles. The minimum absolute atomic E-state index is 0.104. The van der Waals surface area contributed by atoms with Gasteiger partial charge in [0.15, 0.2) is 28.1 Å². The molecule has 0 bridgehead atoms. The Hall–Kier alpha value is -8.79. The first-order valence-corrected chi connectivity index (χ1v) is 23.3. The van der Waals surface area contributed by atoms with E-state index in [1.54, 1.807) is 51.4 Å². The van der Waals surface area contributed by atoms with Gasteiger partial charge in [-0.3, -0.25) is 4.79 Å². The van der Waals surface area contributed by atoms with Gasteiger partial charge in [-0.25, -0.2) is 29.9 Å². The van der Waals surface area contributed by atoms with E-state index in [9.17, 15) is 0 Å². The van der Waals surface area contributed by atoms with E-state index in [2.05, 4.69) is 39.9 Å². The standard InChI is InChI=1S/C55H42Cl2N10O5/c1-69-45-9-5-3-7-39(45)17-23-43(37-13-19-41(20-14-37)71-54-49-52(60-31-62-54)66(33-64-49)29-35-11-25-47(56)58-27-35)51(68)44(24-18-40-8-4-6-10-46(40)70-2)38-15-21-42(22-16-38)72-55-50-53(61-32-63-55)67(34-65-50)30-36-12-26-48(57)59-28-36/h3-28,31-34,43-44H,29-30H2,1-2H3/b23-17+,24-18+. The second-order valence-electron chi connectivity index (χ2n) is 16.3. The first-order valence-electron chi connectivity index (χ1n) is 22.5. The molecule has 0 aliphatic carbocycles. The Labute approximate surface area is 423 Å². The van der Waals surface area contributed by atoms with Crippen LogP contribution in [0.1, 0.15) is 45.2 Å². The molecule has 0 radical (unpaired) electrons. The number of fused-ring (bicyclic) bond motifs is 2. The van der Waals surface area contributed by atoms with Crippen LogP contribution in [0.15, 0.2) is 171 Å². The third-order valence-corrected chi connectivity index (χ3v) is 12.2. The number of methoxy groups -OCH3 is 2. The van der Waals surface area contributed by atoms with E-state index in [1.807, 2.05) is 143 Å². The smallest absolute Gasteiger partial charge is 0.250 e. The Morgan fingerprint density at radius 1 is 0.528 bits per heavy atom. The molecule has 0 aliphatic heterocycles. The second-order valence-corrected chi connectivity index (χ2v) is 17.1. The van der Waals surface area contributed by atoms with Gasteiger partial charge in [-0.1, -0.05) is 120 Å². The maximum atomic E-state index is 15.4. The van der Waals surface area contributed by atoms with E-state index in [0.29, 0.717) is 68.7 Å². The van der Waals surface area contributed by atoms with Crippen molar-refractivity contribution in [3.8, 4) is 34.8 Å². The normalized spacial score (nSPS) is 12.4. The fourth-order valence-electron chi connectivity index (χ4n) is 8.14. The average molecular weight is 994 g/mol. The Bertz CT molecular complexity index is 3330. The fraction of sp³-hybridized carbons (Fsp3) is 0.109. The van der Waals surface area contributed by atoms with Crippen molar-refractivity contribution < 1.29 is 23.7 Å². The van der Waals surface area contributed by atoms with Crippen molar-refractivity contribution in [2.45, 2.75) is 24.9 Å². The van der Waals surface area contributed by atoms with Gasteiger partial charge in [0.05, 0.1) is 51.8 Å². The molecule has 0 spiro atoms. The number of halogens is 2. The maximum absolute atomic E-state index is 15.4. The van der Waals surface area contributed by atoms with Gasteiger partial charge in [0.2, 0.25) is 0 Å². The molecule has 4 aromatic carbocycles. The van der Waals surface area contributed by atoms with Crippen molar-refractivity contribution >= 4 is 63.5 Å². The highest BCUT2D eigenvalue weighted by Gasteiger charge is 2.27. The lowest BCUT2D eigenvalue weighted by atomic mass is 9.82. The molecule has 0 amide bonds. The molecule has 0 aliphatic rings. The molecule has 72 heavy (non-hydrogen) atoms. The third-order valence-electron chi connectivity index (χ3n) is 11.8. The molecule has 0 N–H and O–H groups in total. The molecule has 10 aromatic rings. The summed E-state index contributed by atoms with van der Waals surface area (Å²) in [6.45, 7) is 0.947. The topological polar surface area (TPSA) is 167 Å². The summed E-state index contributed by atoms with van der Waals surface area (Å²) in [5.74, 6) is 1.28. The van der Waals surface area contributed by atoms with Gasteiger partial charge in [-0.15, -0.1) is 0 Å². The van der Waals surface area contributed by atoms with Crippen LogP contribution < -0.4 is 18.9 Å². The zero-order valence-corrected chi connectivity index (χ0v) is 40.2. The van der Waals surface area contributed by atoms with E-state index >= 15 is 4.79 Å². The van der Waals surface area contributed by atoms with Crippen LogP contribution in [0.25, 0.3) is 34.5 Å². The van der Waals surface area contributed by atoms with Gasteiger partial charge in [0.1, 0.15) is 46.0 Å². The molecule has 2 unspecified atom stereocenters. The van der Waals surface area contributed by atoms with Crippen molar-refractivity contribution in [2.24, 2.45) is 0 Å². The first kappa shape index (κ1) is 46.9. The number of para-hydroxylation sites is 2. The van der Waals surface area contributed by atoms with Gasteiger partial charge >= 0.3 is 0 Å². The number of pyridine rings is 2. The summed E-state index contributed by atoms with van der Waals surface area (Å²) < 4.78 is 27.8. The van der Waals surface area contributed by atoms with E-state index in [1.165, 1.54) is 12.7 Å². The van der Waals surface area contributed by atoms with Crippen LogP contribution >= 0.6 is 23.2 Å². The first-order chi connectivity index (χ1) is 35.3. The molecule has 2 atom stereocenters. The fourth-order valence-corrected chi connectivity index (χ4v) is 8.37. The Kier molecular flexibility index (Phi) is 14.0. The monoisotopic (exact) mass is 992 g/mol. The highest BCUT2D eigenvalue weighted by atomic mass is 35.5. The van der Waals surface area contributed by atoms with Crippen LogP contribution in [0.5, 0.6) is 34.8 Å². The number of nitrogens with zero attached hydrogens (tertiary/aromatic N) is 10. The number of hydrogen-bond donors (Lipinski definition) is 0. The number of hydrogen-bond acceptors (Lipinski definition) is 13. The van der Waals surface area contributed by atoms with Crippen molar-refractivity contribution in [3.63, 3.8) is 0 Å². The number of carbonyl (C=O) groups excluding carboxylic acids is 1. The lowest BCUT2D eigenvalue weighted by molar-refractivity contribution is -0.120. The van der Waals surface area contributed by atoms with Crippen LogP contribution in [-0.4, -0.2) is 69.0 Å². The number of benzene rings is 4. The average Bonchev–Trinajstić information content (AvgIpc) is 4.03. The lowest BCUT2D eigenvalue weighted by Gasteiger charge is -2.20. The number of rotatable bonds is 18. The number of allylic oxidation sites excluding steroid dienone is 2. The molecule has 0 saturated heterocycles. The molecule has 17 heteroatoms. The predicted molar refractivity (Wildman–Crippen MR) is 275 cm³/mol. The number of ether oxygens (including phenoxy) is 4. The quantitative estimate of drug-likeness (QED) is 0.0746. The molecule has 10 rings (SSSR count). The minimum Gasteiger partial charge on any atom is -0.496 e. The van der Waals surface area contributed by atoms with Crippen molar-refractivity contribution in [1.29, 1.82) is 0 Å². The minimum atomic E-state index is -0.746. The SMILES string of the molecule is COc1ccccc1/C=C/C(C(=O)C(/C=C/c1ccccc1OC)c1ccc(Oc2ncnc3c2ncn3Cc2ccc(Cl)nc2)cc1)c1ccc(Oc2ncnc3c2ncn3Cc2ccc(Cl)nc2)cc1. The molecular weight excluding hydrogens is 952 g/mol. The van der Waals surface area contributed by atoms with Crippen LogP contribution in [-0.2, 0) is 17.9 Å². The zero-order valence-electron chi connectivity index (χ0n) is 38.7. The summed E-state index contributed by atoms with van der Waals surface area (Å²) >= 11 is 12.0. The van der Waals surface area contributed by atoms with Crippen molar-refractivity contribution in [3.05, 3.63) is 215 Å². The van der Waals surface area contributed by atoms with Crippen LogP contribution in [0.2, 0.25) is 10.3 Å². The van der Waals surface area contributed by atoms with E-state index in [-0.39, 0.29) is 17.5 Å². The highest BCUT2D eigenvalue weighted by molar-refractivity contribution is 6.29. The summed E-state index contributed by atoms with van der Waals surface area (Å²) in [5, 5.41) is 0.827. The summed E-state index contributed by atoms with van der Waals surface area (Å²) in [5.41, 5.74) is 7.08.